The van der Waals surface area contributed by atoms with Gasteiger partial charge in [-0.1, -0.05) is 59.3 Å². The molecule has 4 heteroatoms. The van der Waals surface area contributed by atoms with Crippen molar-refractivity contribution >= 4 is 0 Å². The molecule has 2 aromatic carbocycles. The number of aryl methyl sites for hydroxylation is 2. The molecular formula is C21H22N2O2. The number of aliphatic hydroxyl groups is 1. The van der Waals surface area contributed by atoms with Crippen LogP contribution in [-0.4, -0.2) is 16.9 Å². The zero-order chi connectivity index (χ0) is 17.3. The van der Waals surface area contributed by atoms with E-state index >= 15 is 0 Å². The predicted molar refractivity (Wildman–Crippen MR) is 97.0 cm³/mol. The van der Waals surface area contributed by atoms with Crippen LogP contribution >= 0.6 is 0 Å². The molecule has 0 aliphatic heterocycles. The molecular weight excluding hydrogens is 312 g/mol. The van der Waals surface area contributed by atoms with Crippen molar-refractivity contribution in [2.24, 2.45) is 0 Å². The summed E-state index contributed by atoms with van der Waals surface area (Å²) in [6.07, 6.45) is 1.87. The fourth-order valence-corrected chi connectivity index (χ4v) is 3.60. The van der Waals surface area contributed by atoms with Crippen LogP contribution in [0.5, 0.6) is 0 Å². The van der Waals surface area contributed by atoms with Crippen molar-refractivity contribution in [3.63, 3.8) is 0 Å². The number of hydrogen-bond acceptors (Lipinski definition) is 4. The zero-order valence-corrected chi connectivity index (χ0v) is 14.3. The van der Waals surface area contributed by atoms with E-state index in [-0.39, 0.29) is 6.61 Å². The Morgan fingerprint density at radius 3 is 2.76 bits per heavy atom. The van der Waals surface area contributed by atoms with Crippen molar-refractivity contribution in [1.29, 1.82) is 0 Å². The summed E-state index contributed by atoms with van der Waals surface area (Å²) in [5.41, 5.74) is 5.20. The average Bonchev–Trinajstić information content (AvgIpc) is 3.26. The van der Waals surface area contributed by atoms with Crippen LogP contribution in [0, 0.1) is 6.92 Å². The fraction of sp³-hybridized carbons (Fsp3) is 0.286. The number of aliphatic hydroxyl groups excluding tert-OH is 1. The molecule has 4 rings (SSSR count). The highest BCUT2D eigenvalue weighted by Crippen LogP contribution is 2.36. The number of aromatic nitrogens is 1. The lowest BCUT2D eigenvalue weighted by molar-refractivity contribution is 0.155. The standard InChI is InChI=1S/C21H22N2O2/c1-15-6-8-17(9-7-15)20-12-18(25-23-20)13-22-21(14-24)11-10-16-4-2-3-5-19(16)21/h2-9,12,22,24H,10-11,13-14H2,1H3. The van der Waals surface area contributed by atoms with Crippen molar-refractivity contribution in [3.05, 3.63) is 77.0 Å². The molecule has 0 amide bonds. The highest BCUT2D eigenvalue weighted by Gasteiger charge is 2.37. The van der Waals surface area contributed by atoms with E-state index in [4.69, 9.17) is 4.52 Å². The van der Waals surface area contributed by atoms with Crippen LogP contribution < -0.4 is 5.32 Å². The topological polar surface area (TPSA) is 58.3 Å². The molecule has 1 aliphatic rings. The fourth-order valence-electron chi connectivity index (χ4n) is 3.60. The Bertz CT molecular complexity index is 870. The third-order valence-corrected chi connectivity index (χ3v) is 5.13. The van der Waals surface area contributed by atoms with Crippen molar-refractivity contribution in [1.82, 2.24) is 10.5 Å². The molecule has 1 aromatic heterocycles. The zero-order valence-electron chi connectivity index (χ0n) is 14.3. The van der Waals surface area contributed by atoms with Gasteiger partial charge in [-0.2, -0.15) is 0 Å². The van der Waals surface area contributed by atoms with Gasteiger partial charge < -0.3 is 9.63 Å². The number of nitrogens with one attached hydrogen (secondary N) is 1. The molecule has 0 saturated carbocycles. The van der Waals surface area contributed by atoms with Crippen LogP contribution in [0.1, 0.15) is 28.9 Å². The van der Waals surface area contributed by atoms with Crippen LogP contribution in [0.4, 0.5) is 0 Å². The van der Waals surface area contributed by atoms with E-state index < -0.39 is 5.54 Å². The number of benzene rings is 2. The van der Waals surface area contributed by atoms with Crippen LogP contribution in [0.25, 0.3) is 11.3 Å². The Morgan fingerprint density at radius 2 is 1.96 bits per heavy atom. The summed E-state index contributed by atoms with van der Waals surface area (Å²) in [5.74, 6) is 0.771. The molecule has 1 aliphatic carbocycles. The van der Waals surface area contributed by atoms with E-state index in [1.54, 1.807) is 0 Å². The largest absolute Gasteiger partial charge is 0.394 e. The molecule has 3 aromatic rings. The second-order valence-corrected chi connectivity index (χ2v) is 6.80. The summed E-state index contributed by atoms with van der Waals surface area (Å²) in [5, 5.41) is 17.7. The average molecular weight is 334 g/mol. The van der Waals surface area contributed by atoms with Gasteiger partial charge in [-0.15, -0.1) is 0 Å². The molecule has 1 atom stereocenters. The molecule has 4 nitrogen and oxygen atoms in total. The van der Waals surface area contributed by atoms with Crippen molar-refractivity contribution in [2.75, 3.05) is 6.61 Å². The minimum absolute atomic E-state index is 0.0724. The number of rotatable bonds is 5. The first-order valence-electron chi connectivity index (χ1n) is 8.67. The summed E-state index contributed by atoms with van der Waals surface area (Å²) >= 11 is 0. The first-order chi connectivity index (χ1) is 12.2. The summed E-state index contributed by atoms with van der Waals surface area (Å²) in [7, 11) is 0. The summed E-state index contributed by atoms with van der Waals surface area (Å²) < 4.78 is 5.49. The van der Waals surface area contributed by atoms with E-state index in [2.05, 4.69) is 47.7 Å². The summed E-state index contributed by atoms with van der Waals surface area (Å²) in [6.45, 7) is 2.67. The molecule has 0 bridgehead atoms. The Balaban J connectivity index is 1.51. The minimum atomic E-state index is -0.395. The summed E-state index contributed by atoms with van der Waals surface area (Å²) in [6, 6.07) is 18.5. The van der Waals surface area contributed by atoms with Gasteiger partial charge in [-0.25, -0.2) is 0 Å². The normalized spacial score (nSPS) is 19.1. The smallest absolute Gasteiger partial charge is 0.151 e. The molecule has 128 valence electrons. The minimum Gasteiger partial charge on any atom is -0.394 e. The molecule has 25 heavy (non-hydrogen) atoms. The number of fused-ring (bicyclic) bond motifs is 1. The monoisotopic (exact) mass is 334 g/mol. The summed E-state index contributed by atoms with van der Waals surface area (Å²) in [4.78, 5) is 0. The van der Waals surface area contributed by atoms with Gasteiger partial charge in [-0.3, -0.25) is 5.32 Å². The maximum Gasteiger partial charge on any atom is 0.151 e. The molecule has 0 radical (unpaired) electrons. The van der Waals surface area contributed by atoms with E-state index in [0.29, 0.717) is 6.54 Å². The molecule has 0 saturated heterocycles. The highest BCUT2D eigenvalue weighted by molar-refractivity contribution is 5.59. The van der Waals surface area contributed by atoms with Crippen molar-refractivity contribution < 1.29 is 9.63 Å². The van der Waals surface area contributed by atoms with Crippen LogP contribution in [0.15, 0.2) is 59.1 Å². The van der Waals surface area contributed by atoms with Gasteiger partial charge in [0.1, 0.15) is 5.69 Å². The van der Waals surface area contributed by atoms with Crippen molar-refractivity contribution in [3.8, 4) is 11.3 Å². The van der Waals surface area contributed by atoms with Gasteiger partial charge in [0.25, 0.3) is 0 Å². The van der Waals surface area contributed by atoms with E-state index in [1.807, 2.05) is 24.3 Å². The Kier molecular flexibility index (Phi) is 4.15. The van der Waals surface area contributed by atoms with Crippen LogP contribution in [0.2, 0.25) is 0 Å². The van der Waals surface area contributed by atoms with Gasteiger partial charge in [0.2, 0.25) is 0 Å². The predicted octanol–water partition coefficient (Wildman–Crippen LogP) is 3.57. The third-order valence-electron chi connectivity index (χ3n) is 5.13. The van der Waals surface area contributed by atoms with E-state index in [1.165, 1.54) is 16.7 Å². The van der Waals surface area contributed by atoms with Gasteiger partial charge in [-0.05, 0) is 30.9 Å². The first kappa shape index (κ1) is 16.1. The maximum absolute atomic E-state index is 10.0. The molecule has 1 unspecified atom stereocenters. The number of hydrogen-bond donors (Lipinski definition) is 2. The SMILES string of the molecule is Cc1ccc(-c2cc(CNC3(CO)CCc4ccccc43)on2)cc1. The molecule has 1 heterocycles. The third kappa shape index (κ3) is 2.99. The Morgan fingerprint density at radius 1 is 1.16 bits per heavy atom. The lowest BCUT2D eigenvalue weighted by Gasteiger charge is -2.29. The number of nitrogens with zero attached hydrogens (tertiary/aromatic N) is 1. The second kappa shape index (κ2) is 6.47. The van der Waals surface area contributed by atoms with E-state index in [0.717, 1.165) is 29.9 Å². The molecule has 2 N–H and O–H groups in total. The van der Waals surface area contributed by atoms with Gasteiger partial charge in [0.15, 0.2) is 5.76 Å². The van der Waals surface area contributed by atoms with Crippen molar-refractivity contribution in [2.45, 2.75) is 31.8 Å². The van der Waals surface area contributed by atoms with Gasteiger partial charge in [0.05, 0.1) is 18.7 Å². The lowest BCUT2D eigenvalue weighted by atomic mass is 9.92. The Labute approximate surface area is 147 Å². The van der Waals surface area contributed by atoms with Gasteiger partial charge >= 0.3 is 0 Å². The van der Waals surface area contributed by atoms with Crippen LogP contribution in [0.3, 0.4) is 0 Å². The van der Waals surface area contributed by atoms with E-state index in [9.17, 15) is 5.11 Å². The second-order valence-electron chi connectivity index (χ2n) is 6.80. The lowest BCUT2D eigenvalue weighted by Crippen LogP contribution is -2.43. The highest BCUT2D eigenvalue weighted by atomic mass is 16.5. The maximum atomic E-state index is 10.0. The molecule has 0 spiro atoms. The van der Waals surface area contributed by atoms with Crippen LogP contribution in [-0.2, 0) is 18.5 Å². The molecule has 0 fully saturated rings. The van der Waals surface area contributed by atoms with Gasteiger partial charge in [0, 0.05) is 11.6 Å². The first-order valence-corrected chi connectivity index (χ1v) is 8.67. The quantitative estimate of drug-likeness (QED) is 0.749. The Hall–Kier alpha value is -2.43.